The van der Waals surface area contributed by atoms with Crippen molar-refractivity contribution in [2.45, 2.75) is 29.4 Å². The van der Waals surface area contributed by atoms with Gasteiger partial charge in [-0.25, -0.2) is 8.42 Å². The van der Waals surface area contributed by atoms with Gasteiger partial charge in [0.05, 0.1) is 4.90 Å². The van der Waals surface area contributed by atoms with E-state index >= 15 is 0 Å². The normalized spacial score (nSPS) is 21.2. The highest BCUT2D eigenvalue weighted by Gasteiger charge is 2.34. The largest absolute Gasteiger partial charge is 0.355 e. The van der Waals surface area contributed by atoms with Crippen LogP contribution in [0.25, 0.3) is 0 Å². The van der Waals surface area contributed by atoms with Crippen LogP contribution in [0.4, 0.5) is 0 Å². The minimum Gasteiger partial charge on any atom is -0.355 e. The van der Waals surface area contributed by atoms with Crippen molar-refractivity contribution in [1.29, 1.82) is 0 Å². The van der Waals surface area contributed by atoms with Gasteiger partial charge in [0.25, 0.3) is 0 Å². The molecule has 0 spiro atoms. The molecule has 1 N–H and O–H groups in total. The van der Waals surface area contributed by atoms with Gasteiger partial charge in [0.1, 0.15) is 5.25 Å². The molecule has 1 heterocycles. The molecule has 1 aromatic carbocycles. The molecular weight excluding hydrogens is 274 g/mol. The number of carbonyl (C=O) groups excluding carboxylic acids is 1. The number of rotatable bonds is 2. The molecule has 0 aliphatic carbocycles. The maximum absolute atomic E-state index is 12.4. The third kappa shape index (κ3) is 2.67. The van der Waals surface area contributed by atoms with Gasteiger partial charge < -0.3 is 5.32 Å². The van der Waals surface area contributed by atoms with Crippen LogP contribution >= 0.6 is 11.6 Å². The Morgan fingerprint density at radius 1 is 1.28 bits per heavy atom. The summed E-state index contributed by atoms with van der Waals surface area (Å²) >= 11 is 5.79. The zero-order valence-electron chi connectivity index (χ0n) is 9.73. The highest BCUT2D eigenvalue weighted by molar-refractivity contribution is 7.92. The molecule has 1 fully saturated rings. The smallest absolute Gasteiger partial charge is 0.238 e. The van der Waals surface area contributed by atoms with Crippen LogP contribution in [0.5, 0.6) is 0 Å². The SMILES string of the molecule is O=C1NCCCCC1S(=O)(=O)c1cccc(Cl)c1. The first kappa shape index (κ1) is 13.4. The number of hydrogen-bond acceptors (Lipinski definition) is 3. The van der Waals surface area contributed by atoms with Crippen molar-refractivity contribution in [1.82, 2.24) is 5.32 Å². The third-order valence-electron chi connectivity index (χ3n) is 2.98. The minimum atomic E-state index is -3.65. The monoisotopic (exact) mass is 287 g/mol. The second-order valence-corrected chi connectivity index (χ2v) is 6.84. The van der Waals surface area contributed by atoms with Crippen molar-refractivity contribution in [2.24, 2.45) is 0 Å². The van der Waals surface area contributed by atoms with Crippen LogP contribution in [0, 0.1) is 0 Å². The van der Waals surface area contributed by atoms with E-state index in [1.54, 1.807) is 12.1 Å². The number of benzene rings is 1. The van der Waals surface area contributed by atoms with Gasteiger partial charge in [-0.3, -0.25) is 4.79 Å². The van der Waals surface area contributed by atoms with Crippen molar-refractivity contribution in [2.75, 3.05) is 6.54 Å². The van der Waals surface area contributed by atoms with E-state index in [1.165, 1.54) is 12.1 Å². The van der Waals surface area contributed by atoms with Crippen LogP contribution in [0.2, 0.25) is 5.02 Å². The Bertz CT molecular complexity index is 556. The average Bonchev–Trinajstić information content (AvgIpc) is 2.54. The topological polar surface area (TPSA) is 63.2 Å². The van der Waals surface area contributed by atoms with Gasteiger partial charge in [-0.1, -0.05) is 17.7 Å². The predicted molar refractivity (Wildman–Crippen MR) is 69.3 cm³/mol. The average molecular weight is 288 g/mol. The molecule has 1 aromatic rings. The van der Waals surface area contributed by atoms with Gasteiger partial charge in [-0.2, -0.15) is 0 Å². The lowest BCUT2D eigenvalue weighted by molar-refractivity contribution is -0.120. The van der Waals surface area contributed by atoms with E-state index in [0.717, 1.165) is 12.8 Å². The summed E-state index contributed by atoms with van der Waals surface area (Å²) in [6.07, 6.45) is 1.90. The predicted octanol–water partition coefficient (Wildman–Crippen LogP) is 1.78. The number of hydrogen-bond donors (Lipinski definition) is 1. The van der Waals surface area contributed by atoms with Gasteiger partial charge in [-0.15, -0.1) is 0 Å². The Balaban J connectivity index is 2.38. The van der Waals surface area contributed by atoms with E-state index in [-0.39, 0.29) is 4.90 Å². The molecule has 0 bridgehead atoms. The molecule has 1 unspecified atom stereocenters. The summed E-state index contributed by atoms with van der Waals surface area (Å²) < 4.78 is 24.8. The van der Waals surface area contributed by atoms with Gasteiger partial charge in [0, 0.05) is 11.6 Å². The molecular formula is C12H14ClNO3S. The summed E-state index contributed by atoms with van der Waals surface area (Å²) in [5, 5.41) is 1.98. The van der Waals surface area contributed by atoms with E-state index in [1.807, 2.05) is 0 Å². The number of halogens is 1. The Morgan fingerprint density at radius 2 is 2.06 bits per heavy atom. The van der Waals surface area contributed by atoms with Gasteiger partial charge in [0.15, 0.2) is 9.84 Å². The van der Waals surface area contributed by atoms with Gasteiger partial charge in [-0.05, 0) is 37.5 Å². The van der Waals surface area contributed by atoms with E-state index in [4.69, 9.17) is 11.6 Å². The quantitative estimate of drug-likeness (QED) is 0.902. The Labute approximate surface area is 111 Å². The maximum Gasteiger partial charge on any atom is 0.238 e. The lowest BCUT2D eigenvalue weighted by atomic mass is 10.2. The molecule has 1 amide bonds. The molecule has 98 valence electrons. The van der Waals surface area contributed by atoms with Crippen LogP contribution in [0.3, 0.4) is 0 Å². The summed E-state index contributed by atoms with van der Waals surface area (Å²) in [5.74, 6) is -0.410. The molecule has 0 saturated carbocycles. The molecule has 4 nitrogen and oxygen atoms in total. The number of amides is 1. The zero-order valence-corrected chi connectivity index (χ0v) is 11.3. The fraction of sp³-hybridized carbons (Fsp3) is 0.417. The first-order valence-electron chi connectivity index (χ1n) is 5.79. The highest BCUT2D eigenvalue weighted by atomic mass is 35.5. The summed E-state index contributed by atoms with van der Waals surface area (Å²) in [5.41, 5.74) is 0. The first-order chi connectivity index (χ1) is 8.51. The van der Waals surface area contributed by atoms with Crippen molar-refractivity contribution < 1.29 is 13.2 Å². The number of carbonyl (C=O) groups is 1. The van der Waals surface area contributed by atoms with Crippen LogP contribution in [-0.2, 0) is 14.6 Å². The molecule has 1 aliphatic heterocycles. The van der Waals surface area contributed by atoms with Crippen molar-refractivity contribution in [3.63, 3.8) is 0 Å². The zero-order chi connectivity index (χ0) is 13.2. The van der Waals surface area contributed by atoms with Crippen LogP contribution in [0.1, 0.15) is 19.3 Å². The van der Waals surface area contributed by atoms with E-state index in [9.17, 15) is 13.2 Å². The molecule has 0 radical (unpaired) electrons. The summed E-state index contributed by atoms with van der Waals surface area (Å²) in [6, 6.07) is 6.03. The van der Waals surface area contributed by atoms with Crippen LogP contribution < -0.4 is 5.32 Å². The maximum atomic E-state index is 12.4. The van der Waals surface area contributed by atoms with Crippen molar-refractivity contribution in [3.8, 4) is 0 Å². The lowest BCUT2D eigenvalue weighted by Gasteiger charge is -2.14. The molecule has 1 atom stereocenters. The fourth-order valence-corrected chi connectivity index (χ4v) is 4.00. The molecule has 6 heteroatoms. The second kappa shape index (κ2) is 5.28. The van der Waals surface area contributed by atoms with E-state index in [2.05, 4.69) is 5.32 Å². The molecule has 18 heavy (non-hydrogen) atoms. The van der Waals surface area contributed by atoms with Crippen LogP contribution in [-0.4, -0.2) is 26.1 Å². The minimum absolute atomic E-state index is 0.108. The van der Waals surface area contributed by atoms with E-state index < -0.39 is 21.0 Å². The molecule has 0 aromatic heterocycles. The molecule has 2 rings (SSSR count). The summed E-state index contributed by atoms with van der Waals surface area (Å²) in [6.45, 7) is 0.542. The van der Waals surface area contributed by atoms with Crippen LogP contribution in [0.15, 0.2) is 29.2 Å². The van der Waals surface area contributed by atoms with E-state index in [0.29, 0.717) is 18.0 Å². The Morgan fingerprint density at radius 3 is 2.78 bits per heavy atom. The van der Waals surface area contributed by atoms with Crippen molar-refractivity contribution in [3.05, 3.63) is 29.3 Å². The lowest BCUT2D eigenvalue weighted by Crippen LogP contribution is -2.38. The van der Waals surface area contributed by atoms with Gasteiger partial charge >= 0.3 is 0 Å². The second-order valence-electron chi connectivity index (χ2n) is 4.28. The number of nitrogens with one attached hydrogen (secondary N) is 1. The summed E-state index contributed by atoms with van der Waals surface area (Å²) in [7, 11) is -3.65. The Kier molecular flexibility index (Phi) is 3.92. The first-order valence-corrected chi connectivity index (χ1v) is 7.71. The highest BCUT2D eigenvalue weighted by Crippen LogP contribution is 2.24. The molecule has 1 aliphatic rings. The van der Waals surface area contributed by atoms with Gasteiger partial charge in [0.2, 0.25) is 5.91 Å². The fourth-order valence-electron chi connectivity index (χ4n) is 2.02. The molecule has 1 saturated heterocycles. The standard InChI is InChI=1S/C12H14ClNO3S/c13-9-4-3-5-10(8-9)18(16,17)11-6-1-2-7-14-12(11)15/h3-5,8,11H,1-2,6-7H2,(H,14,15). The third-order valence-corrected chi connectivity index (χ3v) is 5.33. The Hall–Kier alpha value is -1.07. The number of sulfone groups is 1. The van der Waals surface area contributed by atoms with Crippen molar-refractivity contribution >= 4 is 27.3 Å². The summed E-state index contributed by atoms with van der Waals surface area (Å²) in [4.78, 5) is 11.9.